The minimum Gasteiger partial charge on any atom is -0.478 e. The van der Waals surface area contributed by atoms with E-state index < -0.39 is 12.0 Å². The van der Waals surface area contributed by atoms with Crippen LogP contribution in [0.5, 0.6) is 0 Å². The molecule has 2 rings (SSSR count). The molecule has 96 valence electrons. The Bertz CT molecular complexity index is 624. The molecule has 0 saturated carbocycles. The molecule has 19 heavy (non-hydrogen) atoms. The number of rotatable bonds is 3. The monoisotopic (exact) mass is 256 g/mol. The van der Waals surface area contributed by atoms with Gasteiger partial charge in [0.1, 0.15) is 0 Å². The molecule has 4 N–H and O–H groups in total. The minimum atomic E-state index is -1.02. The number of nitrogens with two attached hydrogens (primary N) is 1. The van der Waals surface area contributed by atoms with Gasteiger partial charge in [-0.25, -0.2) is 9.59 Å². The zero-order valence-electron chi connectivity index (χ0n) is 9.96. The van der Waals surface area contributed by atoms with E-state index >= 15 is 0 Å². The average Bonchev–Trinajstić information content (AvgIpc) is 2.38. The molecule has 0 aliphatic rings. The largest absolute Gasteiger partial charge is 0.478 e. The Hall–Kier alpha value is -2.82. The van der Waals surface area contributed by atoms with Crippen molar-refractivity contribution >= 4 is 17.7 Å². The normalized spacial score (nSPS) is 9.89. The van der Waals surface area contributed by atoms with Crippen molar-refractivity contribution in [3.05, 3.63) is 54.1 Å². The predicted octanol–water partition coefficient (Wildman–Crippen LogP) is 2.54. The lowest BCUT2D eigenvalue weighted by molar-refractivity contribution is 0.0697. The third kappa shape index (κ3) is 2.90. The zero-order chi connectivity index (χ0) is 13.8. The molecule has 0 atom stereocenters. The highest BCUT2D eigenvalue weighted by atomic mass is 16.4. The first-order valence-electron chi connectivity index (χ1n) is 5.57. The first-order valence-corrected chi connectivity index (χ1v) is 5.57. The summed E-state index contributed by atoms with van der Waals surface area (Å²) in [5.41, 5.74) is 6.95. The lowest BCUT2D eigenvalue weighted by Gasteiger charge is -2.09. The highest BCUT2D eigenvalue weighted by molar-refractivity contribution is 5.98. The molecule has 2 amide bonds. The number of primary amides is 1. The van der Waals surface area contributed by atoms with Crippen LogP contribution in [0.1, 0.15) is 10.4 Å². The number of hydrogen-bond acceptors (Lipinski definition) is 2. The van der Waals surface area contributed by atoms with Crippen molar-refractivity contribution in [2.24, 2.45) is 5.73 Å². The second-order valence-electron chi connectivity index (χ2n) is 3.92. The van der Waals surface area contributed by atoms with Crippen LogP contribution in [0.4, 0.5) is 10.5 Å². The number of benzene rings is 2. The van der Waals surface area contributed by atoms with E-state index in [2.05, 4.69) is 5.32 Å². The van der Waals surface area contributed by atoms with Crippen LogP contribution in [0.2, 0.25) is 0 Å². The molecule has 0 aromatic heterocycles. The van der Waals surface area contributed by atoms with Crippen LogP contribution in [0.25, 0.3) is 11.1 Å². The molecule has 0 aliphatic carbocycles. The maximum absolute atomic E-state index is 11.2. The van der Waals surface area contributed by atoms with Crippen molar-refractivity contribution in [2.75, 3.05) is 5.32 Å². The van der Waals surface area contributed by atoms with Gasteiger partial charge in [0.05, 0.1) is 5.56 Å². The van der Waals surface area contributed by atoms with Gasteiger partial charge in [-0.15, -0.1) is 0 Å². The molecule has 0 unspecified atom stereocenters. The second-order valence-corrected chi connectivity index (χ2v) is 3.92. The summed E-state index contributed by atoms with van der Waals surface area (Å²) in [7, 11) is 0. The lowest BCUT2D eigenvalue weighted by atomic mass is 9.99. The summed E-state index contributed by atoms with van der Waals surface area (Å²) in [6, 6.07) is 12.9. The summed E-state index contributed by atoms with van der Waals surface area (Å²) in [5, 5.41) is 11.6. The molecule has 0 radical (unpaired) electrons. The van der Waals surface area contributed by atoms with E-state index in [0.717, 1.165) is 5.56 Å². The summed E-state index contributed by atoms with van der Waals surface area (Å²) in [6.07, 6.45) is 0. The molecule has 5 heteroatoms. The van der Waals surface area contributed by atoms with Crippen LogP contribution >= 0.6 is 0 Å². The number of carbonyl (C=O) groups is 2. The van der Waals surface area contributed by atoms with E-state index in [9.17, 15) is 14.7 Å². The molecular formula is C14H12N2O3. The Kier molecular flexibility index (Phi) is 3.47. The first-order chi connectivity index (χ1) is 9.08. The van der Waals surface area contributed by atoms with Crippen LogP contribution in [-0.4, -0.2) is 17.1 Å². The van der Waals surface area contributed by atoms with Gasteiger partial charge in [-0.2, -0.15) is 0 Å². The third-order valence-corrected chi connectivity index (χ3v) is 2.60. The number of hydrogen-bond donors (Lipinski definition) is 3. The maximum Gasteiger partial charge on any atom is 0.336 e. The topological polar surface area (TPSA) is 92.4 Å². The lowest BCUT2D eigenvalue weighted by Crippen LogP contribution is -2.19. The van der Waals surface area contributed by atoms with Gasteiger partial charge in [-0.3, -0.25) is 0 Å². The Morgan fingerprint density at radius 2 is 1.74 bits per heavy atom. The smallest absolute Gasteiger partial charge is 0.336 e. The number of carbonyl (C=O) groups excluding carboxylic acids is 1. The molecule has 0 spiro atoms. The number of nitrogens with one attached hydrogen (secondary N) is 1. The number of aromatic carboxylic acids is 1. The molecule has 5 nitrogen and oxygen atoms in total. The fourth-order valence-electron chi connectivity index (χ4n) is 1.81. The van der Waals surface area contributed by atoms with Gasteiger partial charge in [-0.1, -0.05) is 30.3 Å². The van der Waals surface area contributed by atoms with E-state index in [1.165, 1.54) is 12.1 Å². The first kappa shape index (κ1) is 12.6. The van der Waals surface area contributed by atoms with E-state index in [-0.39, 0.29) is 5.56 Å². The maximum atomic E-state index is 11.2. The van der Waals surface area contributed by atoms with E-state index in [1.807, 2.05) is 18.2 Å². The zero-order valence-corrected chi connectivity index (χ0v) is 9.96. The van der Waals surface area contributed by atoms with E-state index in [1.54, 1.807) is 18.2 Å². The summed E-state index contributed by atoms with van der Waals surface area (Å²) >= 11 is 0. The number of anilines is 1. The Balaban J connectivity index is 2.54. The summed E-state index contributed by atoms with van der Waals surface area (Å²) < 4.78 is 0. The van der Waals surface area contributed by atoms with Crippen molar-refractivity contribution in [1.29, 1.82) is 0 Å². The fraction of sp³-hybridized carbons (Fsp3) is 0. The molecule has 0 aliphatic heterocycles. The molecule has 0 saturated heterocycles. The van der Waals surface area contributed by atoms with Gasteiger partial charge in [0.2, 0.25) is 0 Å². The van der Waals surface area contributed by atoms with Crippen molar-refractivity contribution in [3.63, 3.8) is 0 Å². The number of carboxylic acid groups (broad SMARTS) is 1. The fourth-order valence-corrected chi connectivity index (χ4v) is 1.81. The van der Waals surface area contributed by atoms with Crippen molar-refractivity contribution in [3.8, 4) is 11.1 Å². The van der Waals surface area contributed by atoms with Gasteiger partial charge in [0.25, 0.3) is 0 Å². The van der Waals surface area contributed by atoms with Crippen molar-refractivity contribution < 1.29 is 14.7 Å². The molecule has 0 bridgehead atoms. The Labute approximate surface area is 109 Å². The Morgan fingerprint density at radius 3 is 2.32 bits per heavy atom. The average molecular weight is 256 g/mol. The van der Waals surface area contributed by atoms with Gasteiger partial charge < -0.3 is 16.2 Å². The number of carboxylic acids is 1. The standard InChI is InChI=1S/C14H12N2O3/c15-14(19)16-10-6-7-11(13(17)18)12(8-10)9-4-2-1-3-5-9/h1-8H,(H,17,18)(H3,15,16,19). The van der Waals surface area contributed by atoms with Crippen LogP contribution in [0.3, 0.4) is 0 Å². The molecular weight excluding hydrogens is 244 g/mol. The summed E-state index contributed by atoms with van der Waals surface area (Å²) in [5.74, 6) is -1.02. The molecule has 0 heterocycles. The molecule has 2 aromatic carbocycles. The number of urea groups is 1. The van der Waals surface area contributed by atoms with E-state index in [0.29, 0.717) is 11.3 Å². The van der Waals surface area contributed by atoms with Crippen LogP contribution in [-0.2, 0) is 0 Å². The van der Waals surface area contributed by atoms with Crippen molar-refractivity contribution in [1.82, 2.24) is 0 Å². The van der Waals surface area contributed by atoms with Gasteiger partial charge in [-0.05, 0) is 29.3 Å². The summed E-state index contributed by atoms with van der Waals surface area (Å²) in [6.45, 7) is 0. The molecule has 0 fully saturated rings. The van der Waals surface area contributed by atoms with Crippen LogP contribution in [0.15, 0.2) is 48.5 Å². The van der Waals surface area contributed by atoms with Gasteiger partial charge >= 0.3 is 12.0 Å². The second kappa shape index (κ2) is 5.22. The van der Waals surface area contributed by atoms with Gasteiger partial charge in [0.15, 0.2) is 0 Å². The van der Waals surface area contributed by atoms with Crippen LogP contribution < -0.4 is 11.1 Å². The highest BCUT2D eigenvalue weighted by Gasteiger charge is 2.12. The van der Waals surface area contributed by atoms with Crippen LogP contribution in [0, 0.1) is 0 Å². The Morgan fingerprint density at radius 1 is 1.05 bits per heavy atom. The number of amides is 2. The quantitative estimate of drug-likeness (QED) is 0.787. The molecule has 2 aromatic rings. The SMILES string of the molecule is NC(=O)Nc1ccc(C(=O)O)c(-c2ccccc2)c1. The predicted molar refractivity (Wildman–Crippen MR) is 72.0 cm³/mol. The minimum absolute atomic E-state index is 0.168. The van der Waals surface area contributed by atoms with Gasteiger partial charge in [0, 0.05) is 5.69 Å². The third-order valence-electron chi connectivity index (χ3n) is 2.60. The summed E-state index contributed by atoms with van der Waals surface area (Å²) in [4.78, 5) is 22.0. The van der Waals surface area contributed by atoms with E-state index in [4.69, 9.17) is 5.73 Å². The van der Waals surface area contributed by atoms with Crippen molar-refractivity contribution in [2.45, 2.75) is 0 Å². The highest BCUT2D eigenvalue weighted by Crippen LogP contribution is 2.27.